The fraction of sp³-hybridized carbons (Fsp3) is 0.700. The number of likely N-dealkylation sites (N-methyl/N-ethyl adjacent to an activating group) is 1. The minimum absolute atomic E-state index is 0.218. The summed E-state index contributed by atoms with van der Waals surface area (Å²) in [7, 11) is -1.79. The van der Waals surface area contributed by atoms with Gasteiger partial charge in [0.2, 0.25) is 10.0 Å². The van der Waals surface area contributed by atoms with E-state index in [4.69, 9.17) is 0 Å². The quantitative estimate of drug-likeness (QED) is 0.807. The fourth-order valence-electron chi connectivity index (χ4n) is 2.05. The second-order valence-electron chi connectivity index (χ2n) is 4.37. The summed E-state index contributed by atoms with van der Waals surface area (Å²) in [6, 6.07) is 0.260. The number of hydrogen-bond acceptors (Lipinski definition) is 4. The highest BCUT2D eigenvalue weighted by Gasteiger charge is 2.25. The van der Waals surface area contributed by atoms with Crippen LogP contribution in [0.3, 0.4) is 0 Å². The van der Waals surface area contributed by atoms with Crippen LogP contribution in [0.15, 0.2) is 17.3 Å². The summed E-state index contributed by atoms with van der Waals surface area (Å²) in [6.45, 7) is 1.48. The van der Waals surface area contributed by atoms with Crippen molar-refractivity contribution in [3.8, 4) is 0 Å². The van der Waals surface area contributed by atoms with Gasteiger partial charge in [-0.25, -0.2) is 8.42 Å². The molecule has 0 bridgehead atoms. The number of H-pyrrole nitrogens is 1. The molecule has 1 saturated heterocycles. The molecule has 1 aromatic rings. The van der Waals surface area contributed by atoms with E-state index in [1.165, 1.54) is 23.1 Å². The van der Waals surface area contributed by atoms with Crippen LogP contribution in [0.5, 0.6) is 0 Å². The van der Waals surface area contributed by atoms with Crippen molar-refractivity contribution in [1.82, 2.24) is 19.8 Å². The maximum atomic E-state index is 12.1. The number of hydrogen-bond donors (Lipinski definition) is 2. The third-order valence-electron chi connectivity index (χ3n) is 3.07. The Morgan fingerprint density at radius 3 is 2.94 bits per heavy atom. The molecule has 2 heterocycles. The summed E-state index contributed by atoms with van der Waals surface area (Å²) in [5, 5.41) is 9.53. The van der Waals surface area contributed by atoms with Gasteiger partial charge in [0.25, 0.3) is 0 Å². The highest BCUT2D eigenvalue weighted by atomic mass is 32.2. The summed E-state index contributed by atoms with van der Waals surface area (Å²) in [4.78, 5) is 0.218. The van der Waals surface area contributed by atoms with Crippen LogP contribution in [0, 0.1) is 0 Å². The fourth-order valence-corrected chi connectivity index (χ4v) is 3.17. The van der Waals surface area contributed by atoms with Crippen LogP contribution in [-0.2, 0) is 10.0 Å². The Labute approximate surface area is 101 Å². The third kappa shape index (κ3) is 2.85. The van der Waals surface area contributed by atoms with E-state index in [-0.39, 0.29) is 10.9 Å². The predicted octanol–water partition coefficient (Wildman–Crippen LogP) is 0.172. The molecule has 2 N–H and O–H groups in total. The lowest BCUT2D eigenvalue weighted by atomic mass is 10.1. The molecule has 0 aromatic carbocycles. The molecule has 1 fully saturated rings. The molecule has 1 aliphatic heterocycles. The lowest BCUT2D eigenvalue weighted by Gasteiger charge is -2.27. The Hall–Kier alpha value is -0.920. The normalized spacial score (nSPS) is 21.9. The minimum atomic E-state index is -3.40. The third-order valence-corrected chi connectivity index (χ3v) is 4.86. The summed E-state index contributed by atoms with van der Waals surface area (Å²) < 4.78 is 25.6. The molecule has 2 rings (SSSR count). The van der Waals surface area contributed by atoms with Crippen LogP contribution in [0.2, 0.25) is 0 Å². The van der Waals surface area contributed by atoms with Crippen molar-refractivity contribution in [1.29, 1.82) is 0 Å². The molecule has 17 heavy (non-hydrogen) atoms. The average Bonchev–Trinajstić information content (AvgIpc) is 2.84. The molecule has 0 saturated carbocycles. The Balaban J connectivity index is 2.01. The number of aromatic amines is 1. The molecule has 1 unspecified atom stereocenters. The molecule has 7 heteroatoms. The first-order valence-corrected chi connectivity index (χ1v) is 7.23. The van der Waals surface area contributed by atoms with Gasteiger partial charge in [-0.15, -0.1) is 0 Å². The zero-order valence-corrected chi connectivity index (χ0v) is 10.7. The van der Waals surface area contributed by atoms with Crippen molar-refractivity contribution < 1.29 is 8.42 Å². The molecule has 0 spiro atoms. The number of sulfonamides is 1. The van der Waals surface area contributed by atoms with Crippen molar-refractivity contribution in [2.45, 2.75) is 30.2 Å². The maximum absolute atomic E-state index is 12.1. The van der Waals surface area contributed by atoms with E-state index in [0.29, 0.717) is 6.54 Å². The monoisotopic (exact) mass is 258 g/mol. The molecule has 96 valence electrons. The van der Waals surface area contributed by atoms with Crippen LogP contribution in [-0.4, -0.2) is 49.1 Å². The van der Waals surface area contributed by atoms with Gasteiger partial charge in [-0.3, -0.25) is 5.10 Å². The number of rotatable bonds is 4. The van der Waals surface area contributed by atoms with Gasteiger partial charge >= 0.3 is 0 Å². The van der Waals surface area contributed by atoms with E-state index < -0.39 is 10.0 Å². The van der Waals surface area contributed by atoms with Gasteiger partial charge in [0.05, 0.1) is 6.20 Å². The van der Waals surface area contributed by atoms with Crippen molar-refractivity contribution in [3.63, 3.8) is 0 Å². The molecular weight excluding hydrogens is 240 g/mol. The van der Waals surface area contributed by atoms with Crippen molar-refractivity contribution in [3.05, 3.63) is 12.4 Å². The summed E-state index contributed by atoms with van der Waals surface area (Å²) in [5.41, 5.74) is 0. The van der Waals surface area contributed by atoms with Gasteiger partial charge in [-0.1, -0.05) is 6.42 Å². The van der Waals surface area contributed by atoms with E-state index in [2.05, 4.69) is 15.5 Å². The SMILES string of the molecule is CN(CC1CCCCN1)S(=O)(=O)c1cn[nH]c1. The van der Waals surface area contributed by atoms with Crippen molar-refractivity contribution >= 4 is 10.0 Å². The second-order valence-corrected chi connectivity index (χ2v) is 6.41. The number of nitrogens with zero attached hydrogens (tertiary/aromatic N) is 2. The highest BCUT2D eigenvalue weighted by Crippen LogP contribution is 2.14. The summed E-state index contributed by atoms with van der Waals surface area (Å²) in [6.07, 6.45) is 6.11. The second kappa shape index (κ2) is 5.16. The first kappa shape index (κ1) is 12.5. The maximum Gasteiger partial charge on any atom is 0.245 e. The summed E-state index contributed by atoms with van der Waals surface area (Å²) in [5.74, 6) is 0. The largest absolute Gasteiger partial charge is 0.313 e. The number of piperidine rings is 1. The topological polar surface area (TPSA) is 78.1 Å². The number of nitrogens with one attached hydrogen (secondary N) is 2. The van der Waals surface area contributed by atoms with E-state index >= 15 is 0 Å². The zero-order chi connectivity index (χ0) is 12.3. The Morgan fingerprint density at radius 2 is 2.35 bits per heavy atom. The smallest absolute Gasteiger partial charge is 0.245 e. The molecule has 6 nitrogen and oxygen atoms in total. The van der Waals surface area contributed by atoms with Gasteiger partial charge in [-0.05, 0) is 19.4 Å². The van der Waals surface area contributed by atoms with E-state index in [1.807, 2.05) is 0 Å². The lowest BCUT2D eigenvalue weighted by molar-refractivity contribution is 0.337. The number of aromatic nitrogens is 2. The van der Waals surface area contributed by atoms with Crippen LogP contribution in [0.25, 0.3) is 0 Å². The predicted molar refractivity (Wildman–Crippen MR) is 64.0 cm³/mol. The first-order valence-electron chi connectivity index (χ1n) is 5.79. The first-order chi connectivity index (χ1) is 8.10. The zero-order valence-electron chi connectivity index (χ0n) is 9.89. The van der Waals surface area contributed by atoms with Crippen LogP contribution in [0.1, 0.15) is 19.3 Å². The molecule has 1 aliphatic rings. The van der Waals surface area contributed by atoms with Crippen LogP contribution in [0.4, 0.5) is 0 Å². The molecular formula is C10H18N4O2S. The molecule has 1 atom stereocenters. The van der Waals surface area contributed by atoms with Gasteiger partial charge in [0, 0.05) is 25.8 Å². The Kier molecular flexibility index (Phi) is 3.80. The molecule has 0 amide bonds. The lowest BCUT2D eigenvalue weighted by Crippen LogP contribution is -2.44. The average molecular weight is 258 g/mol. The van der Waals surface area contributed by atoms with E-state index in [1.54, 1.807) is 7.05 Å². The van der Waals surface area contributed by atoms with E-state index in [9.17, 15) is 8.42 Å². The Bertz CT molecular complexity index is 437. The standard InChI is InChI=1S/C10H18N4O2S/c1-14(8-9-4-2-3-5-11-9)17(15,16)10-6-12-13-7-10/h6-7,9,11H,2-5,8H2,1H3,(H,12,13). The highest BCUT2D eigenvalue weighted by molar-refractivity contribution is 7.89. The van der Waals surface area contributed by atoms with Crippen LogP contribution < -0.4 is 5.32 Å². The van der Waals surface area contributed by atoms with E-state index in [0.717, 1.165) is 19.4 Å². The molecule has 1 aromatic heterocycles. The van der Waals surface area contributed by atoms with Gasteiger partial charge in [0.1, 0.15) is 4.90 Å². The molecule has 0 aliphatic carbocycles. The van der Waals surface area contributed by atoms with Gasteiger partial charge in [0.15, 0.2) is 0 Å². The summed E-state index contributed by atoms with van der Waals surface area (Å²) >= 11 is 0. The Morgan fingerprint density at radius 1 is 1.53 bits per heavy atom. The minimum Gasteiger partial charge on any atom is -0.313 e. The van der Waals surface area contributed by atoms with Gasteiger partial charge < -0.3 is 5.32 Å². The van der Waals surface area contributed by atoms with Crippen molar-refractivity contribution in [2.75, 3.05) is 20.1 Å². The van der Waals surface area contributed by atoms with Gasteiger partial charge in [-0.2, -0.15) is 9.40 Å². The molecule has 0 radical (unpaired) electrons. The van der Waals surface area contributed by atoms with Crippen LogP contribution >= 0.6 is 0 Å². The van der Waals surface area contributed by atoms with Crippen molar-refractivity contribution in [2.24, 2.45) is 0 Å².